The van der Waals surface area contributed by atoms with Crippen LogP contribution < -0.4 is 5.73 Å². The van der Waals surface area contributed by atoms with Crippen molar-refractivity contribution in [2.45, 2.75) is 39.2 Å². The average Bonchev–Trinajstić information content (AvgIpc) is 2.57. The molecule has 2 unspecified atom stereocenters. The summed E-state index contributed by atoms with van der Waals surface area (Å²) >= 11 is 3.24. The van der Waals surface area contributed by atoms with E-state index in [0.29, 0.717) is 10.3 Å². The Morgan fingerprint density at radius 3 is 2.59 bits per heavy atom. The number of Topliss-reactive ketones (excluding diaryl/α,β-unsaturated/α-hetero) is 1. The van der Waals surface area contributed by atoms with Crippen molar-refractivity contribution in [2.24, 2.45) is 18.7 Å². The number of aryl methyl sites for hydroxylation is 1. The van der Waals surface area contributed by atoms with Crippen molar-refractivity contribution in [2.75, 3.05) is 0 Å². The van der Waals surface area contributed by atoms with E-state index in [1.165, 1.54) is 4.68 Å². The van der Waals surface area contributed by atoms with Crippen LogP contribution in [0.15, 0.2) is 4.60 Å². The van der Waals surface area contributed by atoms with Gasteiger partial charge in [-0.2, -0.15) is 0 Å². The minimum absolute atomic E-state index is 0.0257. The molecule has 5 nitrogen and oxygen atoms in total. The number of nitrogens with zero attached hydrogens (tertiary/aromatic N) is 3. The average molecular weight is 303 g/mol. The molecule has 17 heavy (non-hydrogen) atoms. The number of ketones is 1. The standard InChI is InChI=1S/C11H19BrN4O/c1-7(5-4-6-8(2)13)10(17)9-11(12)14-15-16(9)3/h7-8H,4-6,13H2,1-3H3. The van der Waals surface area contributed by atoms with E-state index in [9.17, 15) is 4.79 Å². The molecule has 0 fully saturated rings. The van der Waals surface area contributed by atoms with E-state index in [4.69, 9.17) is 5.73 Å². The van der Waals surface area contributed by atoms with Crippen LogP contribution in [0.2, 0.25) is 0 Å². The highest BCUT2D eigenvalue weighted by atomic mass is 79.9. The van der Waals surface area contributed by atoms with Gasteiger partial charge in [-0.25, -0.2) is 4.68 Å². The van der Waals surface area contributed by atoms with Gasteiger partial charge in [-0.1, -0.05) is 18.6 Å². The van der Waals surface area contributed by atoms with Gasteiger partial charge in [0.05, 0.1) is 0 Å². The summed E-state index contributed by atoms with van der Waals surface area (Å²) in [6.45, 7) is 3.91. The van der Waals surface area contributed by atoms with Crippen LogP contribution in [-0.2, 0) is 7.05 Å². The van der Waals surface area contributed by atoms with Gasteiger partial charge in [0.15, 0.2) is 10.4 Å². The van der Waals surface area contributed by atoms with Crippen LogP contribution in [0, 0.1) is 5.92 Å². The maximum atomic E-state index is 12.2. The summed E-state index contributed by atoms with van der Waals surface area (Å²) in [5.74, 6) is 0.0521. The Kier molecular flexibility index (Phi) is 5.27. The molecule has 2 N–H and O–H groups in total. The maximum absolute atomic E-state index is 12.2. The van der Waals surface area contributed by atoms with Crippen molar-refractivity contribution < 1.29 is 4.79 Å². The van der Waals surface area contributed by atoms with Gasteiger partial charge >= 0.3 is 0 Å². The Hall–Kier alpha value is -0.750. The van der Waals surface area contributed by atoms with Crippen LogP contribution in [0.1, 0.15) is 43.6 Å². The molecule has 96 valence electrons. The molecule has 0 bridgehead atoms. The largest absolute Gasteiger partial charge is 0.328 e. The second-order valence-corrected chi connectivity index (χ2v) is 5.28. The van der Waals surface area contributed by atoms with Gasteiger partial charge in [0, 0.05) is 19.0 Å². The van der Waals surface area contributed by atoms with E-state index < -0.39 is 0 Å². The predicted octanol–water partition coefficient (Wildman–Crippen LogP) is 1.91. The van der Waals surface area contributed by atoms with Crippen molar-refractivity contribution in [3.63, 3.8) is 0 Å². The first kappa shape index (κ1) is 14.3. The summed E-state index contributed by atoms with van der Waals surface area (Å²) in [6, 6.07) is 0.197. The fraction of sp³-hybridized carbons (Fsp3) is 0.727. The van der Waals surface area contributed by atoms with E-state index in [2.05, 4.69) is 26.2 Å². The molecule has 0 aliphatic carbocycles. The topological polar surface area (TPSA) is 73.8 Å². The molecule has 1 heterocycles. The molecule has 2 atom stereocenters. The van der Waals surface area contributed by atoms with Gasteiger partial charge in [0.1, 0.15) is 5.69 Å². The third-order valence-electron chi connectivity index (χ3n) is 2.76. The highest BCUT2D eigenvalue weighted by Crippen LogP contribution is 2.19. The molecule has 0 aliphatic rings. The fourth-order valence-corrected chi connectivity index (χ4v) is 2.23. The molecule has 0 saturated carbocycles. The third-order valence-corrected chi connectivity index (χ3v) is 3.30. The molecular weight excluding hydrogens is 284 g/mol. The van der Waals surface area contributed by atoms with Gasteiger partial charge in [-0.3, -0.25) is 4.79 Å². The van der Waals surface area contributed by atoms with Crippen LogP contribution in [0.3, 0.4) is 0 Å². The smallest absolute Gasteiger partial charge is 0.186 e. The molecule has 1 rings (SSSR count). The van der Waals surface area contributed by atoms with Gasteiger partial charge < -0.3 is 5.73 Å². The van der Waals surface area contributed by atoms with E-state index in [-0.39, 0.29) is 17.7 Å². The highest BCUT2D eigenvalue weighted by Gasteiger charge is 2.22. The second kappa shape index (κ2) is 6.26. The van der Waals surface area contributed by atoms with Crippen LogP contribution in [0.25, 0.3) is 0 Å². The number of carbonyl (C=O) groups excluding carboxylic acids is 1. The summed E-state index contributed by atoms with van der Waals surface area (Å²) in [6.07, 6.45) is 2.76. The second-order valence-electron chi connectivity index (χ2n) is 4.53. The number of rotatable bonds is 6. The summed E-state index contributed by atoms with van der Waals surface area (Å²) < 4.78 is 2.03. The number of halogens is 1. The zero-order valence-electron chi connectivity index (χ0n) is 10.5. The normalized spacial score (nSPS) is 14.6. The minimum Gasteiger partial charge on any atom is -0.328 e. The van der Waals surface area contributed by atoms with Gasteiger partial charge in [0.25, 0.3) is 0 Å². The first-order valence-corrected chi connectivity index (χ1v) is 6.57. The minimum atomic E-state index is -0.0257. The van der Waals surface area contributed by atoms with Crippen LogP contribution in [-0.4, -0.2) is 26.8 Å². The molecular formula is C11H19BrN4O. The summed E-state index contributed by atoms with van der Waals surface area (Å²) in [5, 5.41) is 7.62. The summed E-state index contributed by atoms with van der Waals surface area (Å²) in [5.41, 5.74) is 6.22. The SMILES string of the molecule is CC(N)CCCC(C)C(=O)c1c(Br)nnn1C. The van der Waals surface area contributed by atoms with Crippen LogP contribution in [0.4, 0.5) is 0 Å². The molecule has 1 aromatic heterocycles. The van der Waals surface area contributed by atoms with Gasteiger partial charge in [-0.05, 0) is 35.7 Å². The quantitative estimate of drug-likeness (QED) is 0.815. The Labute approximate surface area is 110 Å². The molecule has 0 saturated heterocycles. The van der Waals surface area contributed by atoms with Crippen molar-refractivity contribution in [3.05, 3.63) is 10.3 Å². The monoisotopic (exact) mass is 302 g/mol. The fourth-order valence-electron chi connectivity index (χ4n) is 1.70. The van der Waals surface area contributed by atoms with Crippen LogP contribution >= 0.6 is 15.9 Å². The number of hydrogen-bond acceptors (Lipinski definition) is 4. The number of nitrogens with two attached hydrogens (primary N) is 1. The predicted molar refractivity (Wildman–Crippen MR) is 69.7 cm³/mol. The van der Waals surface area contributed by atoms with E-state index >= 15 is 0 Å². The Morgan fingerprint density at radius 2 is 2.12 bits per heavy atom. The number of carbonyl (C=O) groups is 1. The maximum Gasteiger partial charge on any atom is 0.186 e. The Bertz CT molecular complexity index is 369. The summed E-state index contributed by atoms with van der Waals surface area (Å²) in [4.78, 5) is 12.2. The molecule has 6 heteroatoms. The van der Waals surface area contributed by atoms with Crippen molar-refractivity contribution >= 4 is 21.7 Å². The molecule has 1 aromatic rings. The van der Waals surface area contributed by atoms with Gasteiger partial charge in [-0.15, -0.1) is 5.10 Å². The Morgan fingerprint density at radius 1 is 1.47 bits per heavy atom. The van der Waals surface area contributed by atoms with Crippen molar-refractivity contribution in [1.29, 1.82) is 0 Å². The highest BCUT2D eigenvalue weighted by molar-refractivity contribution is 9.10. The number of hydrogen-bond donors (Lipinski definition) is 1. The van der Waals surface area contributed by atoms with Crippen molar-refractivity contribution in [3.8, 4) is 0 Å². The zero-order chi connectivity index (χ0) is 13.0. The van der Waals surface area contributed by atoms with E-state index in [1.807, 2.05) is 13.8 Å². The third kappa shape index (κ3) is 3.89. The molecule has 0 aromatic carbocycles. The number of aromatic nitrogens is 3. The van der Waals surface area contributed by atoms with Gasteiger partial charge in [0.2, 0.25) is 0 Å². The first-order chi connectivity index (χ1) is 7.93. The van der Waals surface area contributed by atoms with E-state index in [0.717, 1.165) is 19.3 Å². The van der Waals surface area contributed by atoms with E-state index in [1.54, 1.807) is 7.05 Å². The molecule has 0 aliphatic heterocycles. The van der Waals surface area contributed by atoms with Crippen LogP contribution in [0.5, 0.6) is 0 Å². The lowest BCUT2D eigenvalue weighted by molar-refractivity contribution is 0.0911. The lowest BCUT2D eigenvalue weighted by Gasteiger charge is -2.11. The molecule has 0 spiro atoms. The molecule has 0 radical (unpaired) electrons. The lowest BCUT2D eigenvalue weighted by Crippen LogP contribution is -2.18. The first-order valence-electron chi connectivity index (χ1n) is 5.78. The van der Waals surface area contributed by atoms with Crippen molar-refractivity contribution in [1.82, 2.24) is 15.0 Å². The molecule has 0 amide bonds. The lowest BCUT2D eigenvalue weighted by atomic mass is 9.96. The summed E-state index contributed by atoms with van der Waals surface area (Å²) in [7, 11) is 1.72. The Balaban J connectivity index is 2.58. The zero-order valence-corrected chi connectivity index (χ0v) is 12.1.